The molecule has 0 spiro atoms. The molecule has 9 heteroatoms. The summed E-state index contributed by atoms with van der Waals surface area (Å²) in [6.45, 7) is 9.50. The standard InChI is InChI=1S/C20H28N4O3SSi/c1-14(12-25)21-19(26)15-11-24(13-27-9-10-29(2,3)4)23-18(15)20-22-16-7-5-6-8-17(16)28-20/h5-8,11,14,25H,9-10,12-13H2,1-4H3,(H,21,26). The van der Waals surface area contributed by atoms with E-state index in [2.05, 4.69) is 35.0 Å². The fourth-order valence-electron chi connectivity index (χ4n) is 2.67. The number of aliphatic hydroxyl groups is 1. The summed E-state index contributed by atoms with van der Waals surface area (Å²) in [4.78, 5) is 17.4. The summed E-state index contributed by atoms with van der Waals surface area (Å²) in [6.07, 6.45) is 1.69. The Morgan fingerprint density at radius 3 is 2.79 bits per heavy atom. The Bertz CT molecular complexity index is 947. The average Bonchev–Trinajstić information content (AvgIpc) is 3.28. The van der Waals surface area contributed by atoms with Crippen molar-refractivity contribution in [1.82, 2.24) is 20.1 Å². The third kappa shape index (κ3) is 5.72. The number of thiazole rings is 1. The minimum Gasteiger partial charge on any atom is -0.394 e. The summed E-state index contributed by atoms with van der Waals surface area (Å²) in [5.41, 5.74) is 1.84. The molecule has 1 atom stereocenters. The number of hydrogen-bond donors (Lipinski definition) is 2. The molecule has 0 aliphatic carbocycles. The minimum absolute atomic E-state index is 0.129. The van der Waals surface area contributed by atoms with Gasteiger partial charge in [-0.2, -0.15) is 5.10 Å². The number of benzene rings is 1. The molecule has 0 radical (unpaired) electrons. The van der Waals surface area contributed by atoms with Crippen LogP contribution >= 0.6 is 11.3 Å². The monoisotopic (exact) mass is 432 g/mol. The van der Waals surface area contributed by atoms with Gasteiger partial charge < -0.3 is 15.2 Å². The Balaban J connectivity index is 1.86. The van der Waals surface area contributed by atoms with E-state index in [9.17, 15) is 9.90 Å². The third-order valence-electron chi connectivity index (χ3n) is 4.37. The number of carbonyl (C=O) groups is 1. The van der Waals surface area contributed by atoms with Crippen LogP contribution in [0.5, 0.6) is 0 Å². The van der Waals surface area contributed by atoms with Gasteiger partial charge in [0.05, 0.1) is 22.4 Å². The normalized spacial score (nSPS) is 13.0. The van der Waals surface area contributed by atoms with Crippen molar-refractivity contribution in [2.24, 2.45) is 0 Å². The number of nitrogens with zero attached hydrogens (tertiary/aromatic N) is 3. The molecule has 0 saturated carbocycles. The molecule has 3 rings (SSSR count). The zero-order valence-electron chi connectivity index (χ0n) is 17.3. The molecule has 0 bridgehead atoms. The lowest BCUT2D eigenvalue weighted by atomic mass is 10.2. The van der Waals surface area contributed by atoms with Crippen LogP contribution in [0.25, 0.3) is 20.9 Å². The predicted molar refractivity (Wildman–Crippen MR) is 119 cm³/mol. The van der Waals surface area contributed by atoms with Crippen LogP contribution in [0, 0.1) is 0 Å². The van der Waals surface area contributed by atoms with Crippen molar-refractivity contribution >= 4 is 35.5 Å². The number of para-hydroxylation sites is 1. The zero-order valence-corrected chi connectivity index (χ0v) is 19.1. The maximum absolute atomic E-state index is 12.8. The molecule has 2 N–H and O–H groups in total. The number of nitrogens with one attached hydrogen (secondary N) is 1. The lowest BCUT2D eigenvalue weighted by molar-refractivity contribution is 0.0785. The lowest BCUT2D eigenvalue weighted by Crippen LogP contribution is -2.35. The first-order chi connectivity index (χ1) is 13.8. The van der Waals surface area contributed by atoms with Crippen LogP contribution in [0.3, 0.4) is 0 Å². The second-order valence-electron chi connectivity index (χ2n) is 8.32. The number of amides is 1. The first-order valence-electron chi connectivity index (χ1n) is 9.70. The van der Waals surface area contributed by atoms with E-state index in [-0.39, 0.29) is 25.3 Å². The van der Waals surface area contributed by atoms with Crippen LogP contribution in [-0.2, 0) is 11.5 Å². The molecule has 29 heavy (non-hydrogen) atoms. The third-order valence-corrected chi connectivity index (χ3v) is 7.12. The lowest BCUT2D eigenvalue weighted by Gasteiger charge is -2.15. The molecule has 1 unspecified atom stereocenters. The highest BCUT2D eigenvalue weighted by atomic mass is 32.1. The maximum atomic E-state index is 12.8. The van der Waals surface area contributed by atoms with E-state index in [1.807, 2.05) is 24.3 Å². The molecule has 156 valence electrons. The van der Waals surface area contributed by atoms with Gasteiger partial charge in [0.1, 0.15) is 17.4 Å². The molecule has 0 aliphatic rings. The summed E-state index contributed by atoms with van der Waals surface area (Å²) in [5, 5.41) is 17.3. The Hall–Kier alpha value is -2.07. The van der Waals surface area contributed by atoms with Crippen LogP contribution in [-0.4, -0.2) is 53.1 Å². The number of rotatable bonds is 9. The number of ether oxygens (including phenoxy) is 1. The predicted octanol–water partition coefficient (Wildman–Crippen LogP) is 3.58. The van der Waals surface area contributed by atoms with Gasteiger partial charge in [-0.1, -0.05) is 31.8 Å². The highest BCUT2D eigenvalue weighted by Gasteiger charge is 2.22. The van der Waals surface area contributed by atoms with Crippen LogP contribution in [0.2, 0.25) is 25.7 Å². The van der Waals surface area contributed by atoms with E-state index in [0.717, 1.165) is 16.3 Å². The van der Waals surface area contributed by atoms with E-state index in [1.165, 1.54) is 11.3 Å². The van der Waals surface area contributed by atoms with E-state index in [0.29, 0.717) is 22.9 Å². The second kappa shape index (κ2) is 9.16. The quantitative estimate of drug-likeness (QED) is 0.398. The number of fused-ring (bicyclic) bond motifs is 1. The van der Waals surface area contributed by atoms with E-state index < -0.39 is 8.07 Å². The Morgan fingerprint density at radius 1 is 1.34 bits per heavy atom. The Labute approximate surface area is 175 Å². The largest absolute Gasteiger partial charge is 0.394 e. The topological polar surface area (TPSA) is 89.3 Å². The summed E-state index contributed by atoms with van der Waals surface area (Å²) in [6, 6.07) is 8.57. The first-order valence-corrected chi connectivity index (χ1v) is 14.2. The average molecular weight is 433 g/mol. The summed E-state index contributed by atoms with van der Waals surface area (Å²) in [5.74, 6) is -0.283. The van der Waals surface area contributed by atoms with Gasteiger partial charge in [-0.15, -0.1) is 11.3 Å². The van der Waals surface area contributed by atoms with Crippen LogP contribution in [0.1, 0.15) is 17.3 Å². The second-order valence-corrected chi connectivity index (χ2v) is 15.0. The zero-order chi connectivity index (χ0) is 21.0. The maximum Gasteiger partial charge on any atom is 0.255 e. The van der Waals surface area contributed by atoms with Gasteiger partial charge >= 0.3 is 0 Å². The van der Waals surface area contributed by atoms with Gasteiger partial charge in [0.25, 0.3) is 5.91 Å². The molecular weight excluding hydrogens is 404 g/mol. The van der Waals surface area contributed by atoms with Crippen LogP contribution in [0.15, 0.2) is 30.5 Å². The molecule has 1 aromatic carbocycles. The fourth-order valence-corrected chi connectivity index (χ4v) is 4.39. The summed E-state index contributed by atoms with van der Waals surface area (Å²) >= 11 is 1.50. The molecule has 7 nitrogen and oxygen atoms in total. The first kappa shape index (κ1) is 21.6. The van der Waals surface area contributed by atoms with E-state index in [1.54, 1.807) is 17.8 Å². The smallest absolute Gasteiger partial charge is 0.255 e. The molecule has 3 aromatic rings. The number of aliphatic hydroxyl groups excluding tert-OH is 1. The van der Waals surface area contributed by atoms with Crippen LogP contribution in [0.4, 0.5) is 0 Å². The van der Waals surface area contributed by atoms with Crippen molar-refractivity contribution in [2.75, 3.05) is 13.2 Å². The van der Waals surface area contributed by atoms with Gasteiger partial charge in [0, 0.05) is 26.9 Å². The van der Waals surface area contributed by atoms with Crippen molar-refractivity contribution < 1.29 is 14.6 Å². The van der Waals surface area contributed by atoms with Gasteiger partial charge in [-0.05, 0) is 25.1 Å². The van der Waals surface area contributed by atoms with Crippen molar-refractivity contribution in [3.8, 4) is 10.7 Å². The number of aromatic nitrogens is 3. The van der Waals surface area contributed by atoms with Gasteiger partial charge in [-0.3, -0.25) is 4.79 Å². The highest BCUT2D eigenvalue weighted by Crippen LogP contribution is 2.31. The summed E-state index contributed by atoms with van der Waals surface area (Å²) < 4.78 is 8.47. The van der Waals surface area contributed by atoms with Crippen molar-refractivity contribution in [3.05, 3.63) is 36.0 Å². The van der Waals surface area contributed by atoms with Crippen molar-refractivity contribution in [3.63, 3.8) is 0 Å². The van der Waals surface area contributed by atoms with Gasteiger partial charge in [0.15, 0.2) is 0 Å². The molecule has 2 aromatic heterocycles. The number of hydrogen-bond acceptors (Lipinski definition) is 6. The molecule has 2 heterocycles. The van der Waals surface area contributed by atoms with Crippen molar-refractivity contribution in [2.45, 2.75) is 45.4 Å². The molecule has 0 saturated heterocycles. The minimum atomic E-state index is -1.16. The Morgan fingerprint density at radius 2 is 2.10 bits per heavy atom. The molecule has 0 fully saturated rings. The van der Waals surface area contributed by atoms with E-state index >= 15 is 0 Å². The van der Waals surface area contributed by atoms with Gasteiger partial charge in [-0.25, -0.2) is 9.67 Å². The fraction of sp³-hybridized carbons (Fsp3) is 0.450. The van der Waals surface area contributed by atoms with Crippen molar-refractivity contribution in [1.29, 1.82) is 0 Å². The Kier molecular flexibility index (Phi) is 6.84. The molecule has 1 amide bonds. The van der Waals surface area contributed by atoms with Crippen LogP contribution < -0.4 is 5.32 Å². The molecular formula is C20H28N4O3SSi. The van der Waals surface area contributed by atoms with E-state index in [4.69, 9.17) is 4.74 Å². The molecule has 0 aliphatic heterocycles. The summed E-state index contributed by atoms with van der Waals surface area (Å²) in [7, 11) is -1.16. The van der Waals surface area contributed by atoms with Gasteiger partial charge in [0.2, 0.25) is 0 Å². The highest BCUT2D eigenvalue weighted by molar-refractivity contribution is 7.21. The number of carbonyl (C=O) groups excluding carboxylic acids is 1. The SMILES string of the molecule is CC(CO)NC(=O)c1cn(COCC[Si](C)(C)C)nc1-c1nc2ccccc2s1.